The van der Waals surface area contributed by atoms with Gasteiger partial charge in [0.05, 0.1) is 22.1 Å². The van der Waals surface area contributed by atoms with E-state index < -0.39 is 22.2 Å². The summed E-state index contributed by atoms with van der Waals surface area (Å²) in [6, 6.07) is 8.23. The Morgan fingerprint density at radius 2 is 1.59 bits per heavy atom. The van der Waals surface area contributed by atoms with E-state index in [-0.39, 0.29) is 17.4 Å². The molecule has 3 rings (SSSR count). The van der Waals surface area contributed by atoms with Crippen molar-refractivity contribution in [3.05, 3.63) is 53.6 Å². The summed E-state index contributed by atoms with van der Waals surface area (Å²) in [5, 5.41) is 2.80. The van der Waals surface area contributed by atoms with E-state index in [0.29, 0.717) is 19.4 Å². The molecule has 0 aliphatic carbocycles. The van der Waals surface area contributed by atoms with Crippen molar-refractivity contribution >= 4 is 27.1 Å². The number of carbonyl (C=O) groups excluding carboxylic acids is 1. The highest BCUT2D eigenvalue weighted by Crippen LogP contribution is 2.21. The van der Waals surface area contributed by atoms with Crippen molar-refractivity contribution in [2.24, 2.45) is 13.0 Å². The van der Waals surface area contributed by atoms with Gasteiger partial charge in [0.2, 0.25) is 10.0 Å². The molecule has 3 aromatic rings. The molecule has 9 nitrogen and oxygen atoms in total. The van der Waals surface area contributed by atoms with Crippen LogP contribution in [-0.2, 0) is 28.2 Å². The van der Waals surface area contributed by atoms with E-state index >= 15 is 0 Å². The number of unbranched alkanes of at least 4 members (excludes halogenated alkanes) is 9. The summed E-state index contributed by atoms with van der Waals surface area (Å²) in [6.45, 7) is 8.75. The van der Waals surface area contributed by atoms with E-state index in [1.807, 2.05) is 38.5 Å². The molecule has 2 heterocycles. The van der Waals surface area contributed by atoms with Crippen LogP contribution in [-0.4, -0.2) is 48.2 Å². The minimum Gasteiger partial charge on any atom is -0.448 e. The van der Waals surface area contributed by atoms with E-state index in [2.05, 4.69) is 26.9 Å². The first-order chi connectivity index (χ1) is 21.1. The minimum atomic E-state index is -3.81. The van der Waals surface area contributed by atoms with E-state index in [1.165, 1.54) is 51.4 Å². The number of benzene rings is 1. The number of hydrogen-bond donors (Lipinski definition) is 2. The zero-order valence-electron chi connectivity index (χ0n) is 27.4. The molecule has 0 saturated carbocycles. The second-order valence-corrected chi connectivity index (χ2v) is 14.0. The molecule has 0 radical (unpaired) electrons. The van der Waals surface area contributed by atoms with Crippen LogP contribution in [0.15, 0.2) is 41.4 Å². The van der Waals surface area contributed by atoms with Crippen LogP contribution in [0.2, 0.25) is 0 Å². The van der Waals surface area contributed by atoms with Gasteiger partial charge in [-0.1, -0.05) is 90.7 Å². The Kier molecular flexibility index (Phi) is 14.6. The standard InChI is InChI=1S/C34H53N5O4S/c1-6-7-8-9-10-11-12-13-14-15-21-36-34(40)43-25-29(23-26(2)3)38-44(41,42)30-18-16-28(17-19-30)24-31-33-32(20-22-35-31)39(5)27(4)37-33/h16-20,22,26,29,38H,6-15,21,23-25H2,1-5H3,(H,36,40)/t29-/m0/s1. The lowest BCUT2D eigenvalue weighted by Crippen LogP contribution is -2.40. The van der Waals surface area contributed by atoms with Crippen molar-refractivity contribution in [2.45, 2.75) is 116 Å². The van der Waals surface area contributed by atoms with Crippen LogP contribution in [0.4, 0.5) is 4.79 Å². The summed E-state index contributed by atoms with van der Waals surface area (Å²) in [4.78, 5) is 21.6. The number of amides is 1. The Labute approximate surface area is 264 Å². The fourth-order valence-electron chi connectivity index (χ4n) is 5.44. The number of aromatic nitrogens is 3. The largest absolute Gasteiger partial charge is 0.448 e. The van der Waals surface area contributed by atoms with Crippen molar-refractivity contribution in [3.8, 4) is 0 Å². The Balaban J connectivity index is 1.45. The number of alkyl carbamates (subject to hydrolysis) is 1. The summed E-state index contributed by atoms with van der Waals surface area (Å²) in [5.41, 5.74) is 3.66. The van der Waals surface area contributed by atoms with Crippen LogP contribution >= 0.6 is 0 Å². The third-order valence-corrected chi connectivity index (χ3v) is 9.53. The first-order valence-electron chi connectivity index (χ1n) is 16.4. The first-order valence-corrected chi connectivity index (χ1v) is 17.9. The Bertz CT molecular complexity index is 1400. The van der Waals surface area contributed by atoms with Crippen molar-refractivity contribution < 1.29 is 17.9 Å². The Morgan fingerprint density at radius 3 is 2.23 bits per heavy atom. The highest BCUT2D eigenvalue weighted by atomic mass is 32.2. The second kappa shape index (κ2) is 18.1. The van der Waals surface area contributed by atoms with Crippen molar-refractivity contribution in [1.29, 1.82) is 0 Å². The van der Waals surface area contributed by atoms with E-state index in [4.69, 9.17) is 4.74 Å². The summed E-state index contributed by atoms with van der Waals surface area (Å²) in [6.07, 6.45) is 14.7. The van der Waals surface area contributed by atoms with E-state index in [0.717, 1.165) is 41.0 Å². The molecule has 1 amide bonds. The normalized spacial score (nSPS) is 12.6. The predicted molar refractivity (Wildman–Crippen MR) is 177 cm³/mol. The zero-order chi connectivity index (χ0) is 32.0. The number of pyridine rings is 1. The Morgan fingerprint density at radius 1 is 0.955 bits per heavy atom. The van der Waals surface area contributed by atoms with Gasteiger partial charge in [-0.15, -0.1) is 0 Å². The molecule has 10 heteroatoms. The van der Waals surface area contributed by atoms with Crippen LogP contribution < -0.4 is 10.0 Å². The number of rotatable bonds is 20. The van der Waals surface area contributed by atoms with Crippen molar-refractivity contribution in [3.63, 3.8) is 0 Å². The summed E-state index contributed by atoms with van der Waals surface area (Å²) in [7, 11) is -1.83. The maximum atomic E-state index is 13.2. The van der Waals surface area contributed by atoms with Gasteiger partial charge >= 0.3 is 6.09 Å². The molecule has 2 aromatic heterocycles. The van der Waals surface area contributed by atoms with Gasteiger partial charge in [0.25, 0.3) is 0 Å². The number of carbonyl (C=O) groups is 1. The molecular formula is C34H53N5O4S. The topological polar surface area (TPSA) is 115 Å². The highest BCUT2D eigenvalue weighted by molar-refractivity contribution is 7.89. The van der Waals surface area contributed by atoms with Gasteiger partial charge in [0.1, 0.15) is 17.9 Å². The molecule has 0 fully saturated rings. The van der Waals surface area contributed by atoms with Gasteiger partial charge in [-0.05, 0) is 49.4 Å². The van der Waals surface area contributed by atoms with Crippen LogP contribution in [0.25, 0.3) is 11.0 Å². The van der Waals surface area contributed by atoms with E-state index in [9.17, 15) is 13.2 Å². The second-order valence-electron chi connectivity index (χ2n) is 12.3. The van der Waals surface area contributed by atoms with Crippen molar-refractivity contribution in [2.75, 3.05) is 13.2 Å². The highest BCUT2D eigenvalue weighted by Gasteiger charge is 2.23. The average molecular weight is 628 g/mol. The lowest BCUT2D eigenvalue weighted by molar-refractivity contribution is 0.133. The van der Waals surface area contributed by atoms with Crippen LogP contribution in [0.3, 0.4) is 0 Å². The third kappa shape index (κ3) is 11.5. The average Bonchev–Trinajstić information content (AvgIpc) is 3.28. The van der Waals surface area contributed by atoms with Crippen LogP contribution in [0, 0.1) is 12.8 Å². The summed E-state index contributed by atoms with van der Waals surface area (Å²) >= 11 is 0. The summed E-state index contributed by atoms with van der Waals surface area (Å²) in [5.74, 6) is 1.13. The molecule has 1 aromatic carbocycles. The predicted octanol–water partition coefficient (Wildman–Crippen LogP) is 7.21. The van der Waals surface area contributed by atoms with E-state index in [1.54, 1.807) is 30.5 Å². The summed E-state index contributed by atoms with van der Waals surface area (Å²) < 4.78 is 36.7. The van der Waals surface area contributed by atoms with Gasteiger partial charge in [-0.25, -0.2) is 22.9 Å². The maximum Gasteiger partial charge on any atom is 0.407 e. The van der Waals surface area contributed by atoms with Gasteiger partial charge in [0, 0.05) is 26.2 Å². The number of nitrogens with one attached hydrogen (secondary N) is 2. The SMILES string of the molecule is CCCCCCCCCCCCNC(=O)OC[C@H](CC(C)C)NS(=O)(=O)c1ccc(Cc2nccc3c2nc(C)n3C)cc1. The fraction of sp³-hybridized carbons (Fsp3) is 0.618. The molecule has 0 spiro atoms. The smallest absolute Gasteiger partial charge is 0.407 e. The zero-order valence-corrected chi connectivity index (χ0v) is 28.2. The minimum absolute atomic E-state index is 0.0292. The monoisotopic (exact) mass is 627 g/mol. The number of nitrogens with zero attached hydrogens (tertiary/aromatic N) is 3. The first kappa shape index (κ1) is 35.5. The lowest BCUT2D eigenvalue weighted by atomic mass is 10.1. The molecule has 2 N–H and O–H groups in total. The lowest BCUT2D eigenvalue weighted by Gasteiger charge is -2.21. The van der Waals surface area contributed by atoms with Gasteiger partial charge in [0.15, 0.2) is 0 Å². The molecule has 244 valence electrons. The number of imidazole rings is 1. The molecule has 0 unspecified atom stereocenters. The number of aryl methyl sites for hydroxylation is 2. The number of hydrogen-bond acceptors (Lipinski definition) is 6. The maximum absolute atomic E-state index is 13.2. The van der Waals surface area contributed by atoms with Gasteiger partial charge < -0.3 is 14.6 Å². The molecule has 1 atom stereocenters. The Hall–Kier alpha value is -2.98. The van der Waals surface area contributed by atoms with Crippen LogP contribution in [0.1, 0.15) is 108 Å². The fourth-order valence-corrected chi connectivity index (χ4v) is 6.67. The quantitative estimate of drug-likeness (QED) is 0.128. The third-order valence-electron chi connectivity index (χ3n) is 8.00. The molecule has 0 aliphatic heterocycles. The molecule has 0 saturated heterocycles. The molecule has 0 aliphatic rings. The molecular weight excluding hydrogens is 574 g/mol. The number of ether oxygens (including phenoxy) is 1. The van der Waals surface area contributed by atoms with Crippen LogP contribution in [0.5, 0.6) is 0 Å². The molecule has 44 heavy (non-hydrogen) atoms. The molecule has 0 bridgehead atoms. The van der Waals surface area contributed by atoms with Crippen molar-refractivity contribution in [1.82, 2.24) is 24.6 Å². The van der Waals surface area contributed by atoms with Gasteiger partial charge in [-0.3, -0.25) is 4.98 Å². The van der Waals surface area contributed by atoms with Gasteiger partial charge in [-0.2, -0.15) is 0 Å². The number of sulfonamides is 1. The number of fused-ring (bicyclic) bond motifs is 1.